The summed E-state index contributed by atoms with van der Waals surface area (Å²) in [6, 6.07) is 3.32. The van der Waals surface area contributed by atoms with E-state index in [1.54, 1.807) is 30.1 Å². The molecule has 1 heterocycles. The number of carbonyl (C=O) groups is 1. The number of thioether (sulfide) groups is 1. The fourth-order valence-corrected chi connectivity index (χ4v) is 3.90. The zero-order valence-electron chi connectivity index (χ0n) is 10.6. The second kappa shape index (κ2) is 6.23. The van der Waals surface area contributed by atoms with Crippen molar-refractivity contribution in [3.05, 3.63) is 23.9 Å². The highest BCUT2D eigenvalue weighted by atomic mass is 32.2. The van der Waals surface area contributed by atoms with Crippen LogP contribution in [0.25, 0.3) is 0 Å². The van der Waals surface area contributed by atoms with Crippen LogP contribution in [0.4, 0.5) is 0 Å². The van der Waals surface area contributed by atoms with E-state index in [-0.39, 0.29) is 0 Å². The van der Waals surface area contributed by atoms with Gasteiger partial charge in [-0.05, 0) is 30.9 Å². The molecule has 1 aromatic heterocycles. The van der Waals surface area contributed by atoms with Crippen LogP contribution in [0, 0.1) is 5.92 Å². The molecule has 0 bridgehead atoms. The van der Waals surface area contributed by atoms with Gasteiger partial charge in [0.1, 0.15) is 5.03 Å². The first-order valence-electron chi connectivity index (χ1n) is 6.55. The summed E-state index contributed by atoms with van der Waals surface area (Å²) in [5.41, 5.74) is 0.334. The molecule has 4 heteroatoms. The van der Waals surface area contributed by atoms with Crippen LogP contribution < -0.4 is 0 Å². The Morgan fingerprint density at radius 1 is 1.56 bits per heavy atom. The maximum absolute atomic E-state index is 11.1. The van der Waals surface area contributed by atoms with Crippen molar-refractivity contribution in [2.75, 3.05) is 0 Å². The highest BCUT2D eigenvalue weighted by molar-refractivity contribution is 7.99. The molecule has 1 fully saturated rings. The van der Waals surface area contributed by atoms with E-state index in [1.807, 2.05) is 0 Å². The number of hydrogen-bond donors (Lipinski definition) is 1. The first-order valence-corrected chi connectivity index (χ1v) is 7.43. The smallest absolute Gasteiger partial charge is 0.338 e. The molecule has 3 nitrogen and oxygen atoms in total. The molecule has 0 radical (unpaired) electrons. The average Bonchev–Trinajstić information content (AvgIpc) is 2.39. The molecular formula is C14H19NO2S. The van der Waals surface area contributed by atoms with Crippen molar-refractivity contribution in [3.63, 3.8) is 0 Å². The van der Waals surface area contributed by atoms with E-state index in [0.717, 1.165) is 5.92 Å². The molecule has 18 heavy (non-hydrogen) atoms. The largest absolute Gasteiger partial charge is 0.478 e. The van der Waals surface area contributed by atoms with Crippen molar-refractivity contribution < 1.29 is 9.90 Å². The van der Waals surface area contributed by atoms with Gasteiger partial charge < -0.3 is 5.11 Å². The highest BCUT2D eigenvalue weighted by Gasteiger charge is 2.23. The van der Waals surface area contributed by atoms with E-state index in [1.165, 1.54) is 32.1 Å². The molecule has 2 rings (SSSR count). The molecule has 1 aliphatic carbocycles. The molecule has 98 valence electrons. The Balaban J connectivity index is 2.07. The molecule has 1 saturated carbocycles. The van der Waals surface area contributed by atoms with Crippen molar-refractivity contribution in [2.45, 2.75) is 49.3 Å². The van der Waals surface area contributed by atoms with E-state index in [2.05, 4.69) is 11.9 Å². The number of nitrogens with zero attached hydrogens (tertiary/aromatic N) is 1. The van der Waals surface area contributed by atoms with E-state index < -0.39 is 5.97 Å². The molecule has 1 N–H and O–H groups in total. The van der Waals surface area contributed by atoms with Crippen molar-refractivity contribution in [1.29, 1.82) is 0 Å². The van der Waals surface area contributed by atoms with Gasteiger partial charge in [-0.1, -0.05) is 26.2 Å². The molecule has 2 unspecified atom stereocenters. The van der Waals surface area contributed by atoms with Crippen LogP contribution in [0.1, 0.15) is 49.4 Å². The van der Waals surface area contributed by atoms with Crippen molar-refractivity contribution >= 4 is 17.7 Å². The van der Waals surface area contributed by atoms with Crippen LogP contribution in [-0.4, -0.2) is 21.3 Å². The Kier molecular flexibility index (Phi) is 4.64. The fraction of sp³-hybridized carbons (Fsp3) is 0.571. The fourth-order valence-electron chi connectivity index (χ4n) is 2.52. The number of rotatable bonds is 4. The molecule has 0 aliphatic heterocycles. The van der Waals surface area contributed by atoms with Crippen molar-refractivity contribution in [3.8, 4) is 0 Å². The minimum absolute atomic E-state index is 0.334. The van der Waals surface area contributed by atoms with Gasteiger partial charge in [0.2, 0.25) is 0 Å². The van der Waals surface area contributed by atoms with Gasteiger partial charge in [0.05, 0.1) is 5.56 Å². The number of carboxylic acids is 1. The maximum Gasteiger partial charge on any atom is 0.338 e. The van der Waals surface area contributed by atoms with Crippen LogP contribution in [0.3, 0.4) is 0 Å². The Morgan fingerprint density at radius 2 is 2.39 bits per heavy atom. The Bertz CT molecular complexity index is 422. The Morgan fingerprint density at radius 3 is 3.11 bits per heavy atom. The summed E-state index contributed by atoms with van der Waals surface area (Å²) in [4.78, 5) is 15.4. The summed E-state index contributed by atoms with van der Waals surface area (Å²) in [6.07, 6.45) is 7.85. The summed E-state index contributed by atoms with van der Waals surface area (Å²) in [5.74, 6) is -0.0818. The van der Waals surface area contributed by atoms with Gasteiger partial charge in [-0.25, -0.2) is 9.78 Å². The number of hydrogen-bond acceptors (Lipinski definition) is 3. The van der Waals surface area contributed by atoms with E-state index in [4.69, 9.17) is 5.11 Å². The van der Waals surface area contributed by atoms with Gasteiger partial charge >= 0.3 is 5.97 Å². The molecule has 2 atom stereocenters. The number of aromatic nitrogens is 1. The summed E-state index contributed by atoms with van der Waals surface area (Å²) < 4.78 is 0. The van der Waals surface area contributed by atoms with E-state index >= 15 is 0 Å². The maximum atomic E-state index is 11.1. The molecule has 0 saturated heterocycles. The summed E-state index contributed by atoms with van der Waals surface area (Å²) in [7, 11) is 0. The van der Waals surface area contributed by atoms with E-state index in [0.29, 0.717) is 15.8 Å². The van der Waals surface area contributed by atoms with Gasteiger partial charge in [-0.3, -0.25) is 0 Å². The first-order chi connectivity index (χ1) is 8.70. The second-order valence-corrected chi connectivity index (χ2v) is 6.13. The van der Waals surface area contributed by atoms with Gasteiger partial charge in [-0.2, -0.15) is 0 Å². The van der Waals surface area contributed by atoms with Crippen LogP contribution in [0.2, 0.25) is 0 Å². The second-order valence-electron chi connectivity index (χ2n) is 4.84. The monoisotopic (exact) mass is 265 g/mol. The Hall–Kier alpha value is -1.03. The predicted octanol–water partition coefficient (Wildman–Crippen LogP) is 3.84. The van der Waals surface area contributed by atoms with Crippen LogP contribution >= 0.6 is 11.8 Å². The first kappa shape index (κ1) is 13.4. The topological polar surface area (TPSA) is 50.2 Å². The molecule has 0 amide bonds. The predicted molar refractivity (Wildman–Crippen MR) is 73.1 cm³/mol. The average molecular weight is 265 g/mol. The van der Waals surface area contributed by atoms with Crippen LogP contribution in [-0.2, 0) is 0 Å². The third-order valence-electron chi connectivity index (χ3n) is 3.59. The lowest BCUT2D eigenvalue weighted by molar-refractivity contribution is 0.0692. The zero-order chi connectivity index (χ0) is 13.0. The van der Waals surface area contributed by atoms with Gasteiger partial charge in [0.25, 0.3) is 0 Å². The third-order valence-corrected chi connectivity index (χ3v) is 4.90. The lowest BCUT2D eigenvalue weighted by Crippen LogP contribution is -2.17. The SMILES string of the molecule is CCC1CCCC(Sc2ncccc2C(=O)O)C1. The summed E-state index contributed by atoms with van der Waals surface area (Å²) >= 11 is 1.65. The van der Waals surface area contributed by atoms with Crippen LogP contribution in [0.15, 0.2) is 23.4 Å². The molecule has 0 aromatic carbocycles. The normalized spacial score (nSPS) is 23.8. The van der Waals surface area contributed by atoms with E-state index in [9.17, 15) is 4.79 Å². The molecule has 1 aromatic rings. The number of carboxylic acid groups (broad SMARTS) is 1. The van der Waals surface area contributed by atoms with Gasteiger partial charge in [-0.15, -0.1) is 11.8 Å². The Labute approximate surface area is 112 Å². The van der Waals surface area contributed by atoms with Gasteiger partial charge in [0.15, 0.2) is 0 Å². The summed E-state index contributed by atoms with van der Waals surface area (Å²) in [5, 5.41) is 10.3. The van der Waals surface area contributed by atoms with Gasteiger partial charge in [0, 0.05) is 11.4 Å². The minimum atomic E-state index is -0.881. The highest BCUT2D eigenvalue weighted by Crippen LogP contribution is 2.37. The third kappa shape index (κ3) is 3.25. The number of aromatic carboxylic acids is 1. The quantitative estimate of drug-likeness (QED) is 0.898. The van der Waals surface area contributed by atoms with Crippen LogP contribution in [0.5, 0.6) is 0 Å². The zero-order valence-corrected chi connectivity index (χ0v) is 11.4. The number of pyridine rings is 1. The molecular weight excluding hydrogens is 246 g/mol. The standard InChI is InChI=1S/C14H19NO2S/c1-2-10-5-3-6-11(9-10)18-13-12(14(16)17)7-4-8-15-13/h4,7-8,10-11H,2-3,5-6,9H2,1H3,(H,16,17). The molecule has 0 spiro atoms. The van der Waals surface area contributed by atoms with Crippen molar-refractivity contribution in [2.24, 2.45) is 5.92 Å². The minimum Gasteiger partial charge on any atom is -0.478 e. The lowest BCUT2D eigenvalue weighted by atomic mass is 9.87. The van der Waals surface area contributed by atoms with Crippen molar-refractivity contribution in [1.82, 2.24) is 4.98 Å². The lowest BCUT2D eigenvalue weighted by Gasteiger charge is -2.27. The molecule has 1 aliphatic rings. The summed E-state index contributed by atoms with van der Waals surface area (Å²) in [6.45, 7) is 2.24.